The van der Waals surface area contributed by atoms with Crippen LogP contribution in [-0.2, 0) is 17.5 Å². The number of amides is 1. The van der Waals surface area contributed by atoms with Crippen LogP contribution in [0.25, 0.3) is 0 Å². The normalized spacial score (nSPS) is 12.7. The Labute approximate surface area is 147 Å². The molecule has 0 spiro atoms. The first-order valence-electron chi connectivity index (χ1n) is 7.12. The maximum Gasteiger partial charge on any atom is 0.417 e. The zero-order valence-electron chi connectivity index (χ0n) is 12.7. The number of carbonyl (C=O) groups excluding carboxylic acids is 1. The molecule has 0 aromatic heterocycles. The molecular formula is C17H15ClF3NOS. The quantitative estimate of drug-likeness (QED) is 0.734. The van der Waals surface area contributed by atoms with E-state index in [4.69, 9.17) is 11.6 Å². The summed E-state index contributed by atoms with van der Waals surface area (Å²) in [6.45, 7) is 2.02. The van der Waals surface area contributed by atoms with Crippen LogP contribution in [0.5, 0.6) is 0 Å². The minimum atomic E-state index is -4.52. The van der Waals surface area contributed by atoms with Crippen molar-refractivity contribution in [1.29, 1.82) is 0 Å². The Balaban J connectivity index is 1.99. The highest BCUT2D eigenvalue weighted by Gasteiger charge is 2.33. The molecule has 7 heteroatoms. The Morgan fingerprint density at radius 3 is 2.50 bits per heavy atom. The summed E-state index contributed by atoms with van der Waals surface area (Å²) in [4.78, 5) is 12.4. The predicted molar refractivity (Wildman–Crippen MR) is 90.1 cm³/mol. The summed E-state index contributed by atoms with van der Waals surface area (Å²) in [5.41, 5.74) is 0.0555. The molecule has 1 amide bonds. The first-order valence-corrected chi connectivity index (χ1v) is 8.38. The average molecular weight is 374 g/mol. The van der Waals surface area contributed by atoms with Crippen LogP contribution in [0, 0.1) is 0 Å². The minimum absolute atomic E-state index is 0.243. The summed E-state index contributed by atoms with van der Waals surface area (Å²) >= 11 is 6.64. The molecule has 0 aliphatic carbocycles. The number of nitrogens with one attached hydrogen (secondary N) is 1. The second-order valence-corrected chi connectivity index (χ2v) is 6.92. The van der Waals surface area contributed by atoms with Crippen molar-refractivity contribution < 1.29 is 18.0 Å². The fourth-order valence-corrected chi connectivity index (χ4v) is 3.14. The van der Waals surface area contributed by atoms with E-state index in [0.29, 0.717) is 11.4 Å². The van der Waals surface area contributed by atoms with E-state index in [-0.39, 0.29) is 10.9 Å². The molecule has 0 saturated heterocycles. The van der Waals surface area contributed by atoms with Gasteiger partial charge >= 0.3 is 6.18 Å². The summed E-state index contributed by atoms with van der Waals surface area (Å²) in [6.07, 6.45) is -4.52. The van der Waals surface area contributed by atoms with Gasteiger partial charge in [0, 0.05) is 11.4 Å². The molecule has 0 heterocycles. The lowest BCUT2D eigenvalue weighted by Gasteiger charge is -2.14. The van der Waals surface area contributed by atoms with E-state index in [1.807, 2.05) is 30.3 Å². The Bertz CT molecular complexity index is 707. The summed E-state index contributed by atoms with van der Waals surface area (Å²) < 4.78 is 38.6. The van der Waals surface area contributed by atoms with Crippen molar-refractivity contribution >= 4 is 29.3 Å². The Kier molecular flexibility index (Phi) is 6.18. The lowest BCUT2D eigenvalue weighted by Crippen LogP contribution is -2.30. The molecule has 1 N–H and O–H groups in total. The average Bonchev–Trinajstić information content (AvgIpc) is 2.54. The SMILES string of the molecule is CC(Sc1ccc(Cl)c(C(F)(F)F)c1)C(=O)NCc1ccccc1. The van der Waals surface area contributed by atoms with Gasteiger partial charge in [0.05, 0.1) is 15.8 Å². The number of hydrogen-bond acceptors (Lipinski definition) is 2. The third-order valence-corrected chi connectivity index (χ3v) is 4.66. The van der Waals surface area contributed by atoms with E-state index < -0.39 is 17.0 Å². The molecule has 0 saturated carbocycles. The standard InChI is InChI=1S/C17H15ClF3NOS/c1-11(16(23)22-10-12-5-3-2-4-6-12)24-13-7-8-15(18)14(9-13)17(19,20)21/h2-9,11H,10H2,1H3,(H,22,23). The minimum Gasteiger partial charge on any atom is -0.351 e. The first kappa shape index (κ1) is 18.7. The van der Waals surface area contributed by atoms with Crippen LogP contribution in [-0.4, -0.2) is 11.2 Å². The Hall–Kier alpha value is -1.66. The summed E-state index contributed by atoms with van der Waals surface area (Å²) in [5.74, 6) is -0.243. The highest BCUT2D eigenvalue weighted by molar-refractivity contribution is 8.00. The molecule has 128 valence electrons. The van der Waals surface area contributed by atoms with Crippen molar-refractivity contribution in [3.8, 4) is 0 Å². The lowest BCUT2D eigenvalue weighted by molar-refractivity contribution is -0.137. The molecular weight excluding hydrogens is 359 g/mol. The molecule has 2 aromatic rings. The van der Waals surface area contributed by atoms with Crippen molar-refractivity contribution in [2.45, 2.75) is 29.8 Å². The van der Waals surface area contributed by atoms with E-state index in [2.05, 4.69) is 5.32 Å². The van der Waals surface area contributed by atoms with E-state index in [9.17, 15) is 18.0 Å². The van der Waals surface area contributed by atoms with Crippen molar-refractivity contribution in [2.75, 3.05) is 0 Å². The van der Waals surface area contributed by atoms with Crippen LogP contribution in [0.4, 0.5) is 13.2 Å². The lowest BCUT2D eigenvalue weighted by atomic mass is 10.2. The van der Waals surface area contributed by atoms with Crippen LogP contribution in [0.15, 0.2) is 53.4 Å². The summed E-state index contributed by atoms with van der Waals surface area (Å²) in [6, 6.07) is 13.0. The van der Waals surface area contributed by atoms with Gasteiger partial charge in [-0.15, -0.1) is 11.8 Å². The second kappa shape index (κ2) is 7.94. The predicted octanol–water partition coefficient (Wildman–Crippen LogP) is 5.16. The molecule has 0 bridgehead atoms. The monoisotopic (exact) mass is 373 g/mol. The van der Waals surface area contributed by atoms with E-state index in [0.717, 1.165) is 23.4 Å². The zero-order chi connectivity index (χ0) is 17.7. The molecule has 0 aliphatic heterocycles. The zero-order valence-corrected chi connectivity index (χ0v) is 14.3. The topological polar surface area (TPSA) is 29.1 Å². The number of thioether (sulfide) groups is 1. The molecule has 0 radical (unpaired) electrons. The fraction of sp³-hybridized carbons (Fsp3) is 0.235. The number of carbonyl (C=O) groups is 1. The van der Waals surface area contributed by atoms with Crippen molar-refractivity contribution in [2.24, 2.45) is 0 Å². The maximum atomic E-state index is 12.9. The van der Waals surface area contributed by atoms with Gasteiger partial charge in [-0.1, -0.05) is 41.9 Å². The van der Waals surface area contributed by atoms with Gasteiger partial charge in [-0.3, -0.25) is 4.79 Å². The molecule has 2 aromatic carbocycles. The Morgan fingerprint density at radius 1 is 1.21 bits per heavy atom. The summed E-state index contributed by atoms with van der Waals surface area (Å²) in [7, 11) is 0. The van der Waals surface area contributed by atoms with Crippen LogP contribution >= 0.6 is 23.4 Å². The van der Waals surface area contributed by atoms with Crippen LogP contribution in [0.3, 0.4) is 0 Å². The van der Waals surface area contributed by atoms with E-state index >= 15 is 0 Å². The van der Waals surface area contributed by atoms with Gasteiger partial charge in [0.1, 0.15) is 0 Å². The third kappa shape index (κ3) is 5.18. The van der Waals surface area contributed by atoms with E-state index in [1.54, 1.807) is 6.92 Å². The van der Waals surface area contributed by atoms with Gasteiger partial charge in [-0.25, -0.2) is 0 Å². The van der Waals surface area contributed by atoms with Crippen LogP contribution in [0.1, 0.15) is 18.1 Å². The molecule has 0 aliphatic rings. The van der Waals surface area contributed by atoms with Crippen molar-refractivity contribution in [3.63, 3.8) is 0 Å². The first-order chi connectivity index (χ1) is 11.3. The van der Waals surface area contributed by atoms with Crippen molar-refractivity contribution in [1.82, 2.24) is 5.32 Å². The number of benzene rings is 2. The molecule has 24 heavy (non-hydrogen) atoms. The van der Waals surface area contributed by atoms with Crippen LogP contribution < -0.4 is 5.32 Å². The van der Waals surface area contributed by atoms with Crippen LogP contribution in [0.2, 0.25) is 5.02 Å². The number of alkyl halides is 3. The van der Waals surface area contributed by atoms with Gasteiger partial charge in [0.2, 0.25) is 5.91 Å². The number of hydrogen-bond donors (Lipinski definition) is 1. The smallest absolute Gasteiger partial charge is 0.351 e. The Morgan fingerprint density at radius 2 is 1.88 bits per heavy atom. The molecule has 1 atom stereocenters. The highest BCUT2D eigenvalue weighted by Crippen LogP contribution is 2.37. The molecule has 2 nitrogen and oxygen atoms in total. The third-order valence-electron chi connectivity index (χ3n) is 3.23. The van der Waals surface area contributed by atoms with Gasteiger partial charge in [0.15, 0.2) is 0 Å². The number of rotatable bonds is 5. The molecule has 2 rings (SSSR count). The molecule has 0 fully saturated rings. The second-order valence-electron chi connectivity index (χ2n) is 5.10. The van der Waals surface area contributed by atoms with Gasteiger partial charge in [0.25, 0.3) is 0 Å². The van der Waals surface area contributed by atoms with Gasteiger partial charge < -0.3 is 5.32 Å². The largest absolute Gasteiger partial charge is 0.417 e. The van der Waals surface area contributed by atoms with E-state index in [1.165, 1.54) is 12.1 Å². The fourth-order valence-electron chi connectivity index (χ4n) is 1.98. The number of halogens is 4. The van der Waals surface area contributed by atoms with Gasteiger partial charge in [-0.05, 0) is 30.7 Å². The molecule has 1 unspecified atom stereocenters. The van der Waals surface area contributed by atoms with Gasteiger partial charge in [-0.2, -0.15) is 13.2 Å². The maximum absolute atomic E-state index is 12.9. The highest BCUT2D eigenvalue weighted by atomic mass is 35.5. The van der Waals surface area contributed by atoms with Crippen molar-refractivity contribution in [3.05, 3.63) is 64.7 Å². The summed E-state index contributed by atoms with van der Waals surface area (Å²) in [5, 5.41) is 1.88.